The number of methoxy groups -OCH3 is 1. The van der Waals surface area contributed by atoms with E-state index in [0.29, 0.717) is 18.4 Å². The van der Waals surface area contributed by atoms with Crippen LogP contribution >= 0.6 is 0 Å². The van der Waals surface area contributed by atoms with Crippen molar-refractivity contribution >= 4 is 15.9 Å². The number of alkyl halides is 2. The van der Waals surface area contributed by atoms with Crippen LogP contribution in [0.2, 0.25) is 0 Å². The first-order chi connectivity index (χ1) is 14.1. The molecule has 1 N–H and O–H groups in total. The average Bonchev–Trinajstić information content (AvgIpc) is 3.50. The Hall–Kier alpha value is -1.81. The highest BCUT2D eigenvalue weighted by molar-refractivity contribution is 7.90. The zero-order valence-electron chi connectivity index (χ0n) is 16.8. The first kappa shape index (κ1) is 22.9. The van der Waals surface area contributed by atoms with Crippen molar-refractivity contribution < 1.29 is 37.3 Å². The van der Waals surface area contributed by atoms with Crippen molar-refractivity contribution in [1.29, 1.82) is 0 Å². The van der Waals surface area contributed by atoms with Crippen LogP contribution in [0.15, 0.2) is 12.1 Å². The molecule has 0 atom stereocenters. The summed E-state index contributed by atoms with van der Waals surface area (Å²) in [6.45, 7) is 0.102. The molecule has 0 unspecified atom stereocenters. The second-order valence-electron chi connectivity index (χ2n) is 8.00. The minimum absolute atomic E-state index is 0. The van der Waals surface area contributed by atoms with Gasteiger partial charge in [-0.2, -0.15) is 0 Å². The number of ether oxygens (including phenoxy) is 2. The van der Waals surface area contributed by atoms with Crippen molar-refractivity contribution in [1.82, 2.24) is 4.72 Å². The summed E-state index contributed by atoms with van der Waals surface area (Å²) < 4.78 is 77.3. The molecule has 1 aromatic carbocycles. The Labute approximate surface area is 175 Å². The maximum Gasteiger partial charge on any atom is 0.267 e. The molecule has 170 valence electrons. The number of sulfonamides is 1. The van der Waals surface area contributed by atoms with Crippen LogP contribution in [-0.2, 0) is 14.8 Å². The van der Waals surface area contributed by atoms with Crippen molar-refractivity contribution in [2.24, 2.45) is 5.92 Å². The lowest BCUT2D eigenvalue weighted by atomic mass is 9.87. The van der Waals surface area contributed by atoms with E-state index in [4.69, 9.17) is 4.74 Å². The fourth-order valence-corrected chi connectivity index (χ4v) is 4.38. The normalized spacial score (nSPS) is 19.5. The fourth-order valence-electron chi connectivity index (χ4n) is 3.50. The molecular weight excluding hydrogens is 423 g/mol. The van der Waals surface area contributed by atoms with Crippen LogP contribution in [0.5, 0.6) is 5.75 Å². The van der Waals surface area contributed by atoms with E-state index in [0.717, 1.165) is 18.9 Å². The highest BCUT2D eigenvalue weighted by atomic mass is 32.2. The Morgan fingerprint density at radius 1 is 1.23 bits per heavy atom. The van der Waals surface area contributed by atoms with E-state index in [9.17, 15) is 26.4 Å². The summed E-state index contributed by atoms with van der Waals surface area (Å²) in [6.07, 6.45) is 2.03. The molecule has 1 aromatic rings. The molecular formula is C20H28F3NO5S. The van der Waals surface area contributed by atoms with E-state index in [1.54, 1.807) is 0 Å². The number of hydrogen-bond acceptors (Lipinski definition) is 5. The van der Waals surface area contributed by atoms with Gasteiger partial charge < -0.3 is 9.47 Å². The third-order valence-electron chi connectivity index (χ3n) is 5.48. The maximum absolute atomic E-state index is 14.6. The molecule has 0 bridgehead atoms. The van der Waals surface area contributed by atoms with Gasteiger partial charge in [0.05, 0.1) is 24.5 Å². The predicted octanol–water partition coefficient (Wildman–Crippen LogP) is 3.86. The first-order valence-electron chi connectivity index (χ1n) is 9.98. The van der Waals surface area contributed by atoms with Gasteiger partial charge in [0.15, 0.2) is 0 Å². The lowest BCUT2D eigenvalue weighted by Crippen LogP contribution is -2.34. The van der Waals surface area contributed by atoms with Crippen molar-refractivity contribution in [2.75, 3.05) is 26.1 Å². The Morgan fingerprint density at radius 2 is 1.90 bits per heavy atom. The fraction of sp³-hybridized carbons (Fsp3) is 0.650. The van der Waals surface area contributed by atoms with Gasteiger partial charge in [-0.1, -0.05) is 0 Å². The summed E-state index contributed by atoms with van der Waals surface area (Å²) in [5.74, 6) is -4.64. The molecule has 1 amide bonds. The number of hydrogen-bond donors (Lipinski definition) is 1. The highest BCUT2D eigenvalue weighted by Gasteiger charge is 2.35. The van der Waals surface area contributed by atoms with E-state index < -0.39 is 33.4 Å². The smallest absolute Gasteiger partial charge is 0.267 e. The molecule has 3 rings (SSSR count). The highest BCUT2D eigenvalue weighted by Crippen LogP contribution is 2.45. The van der Waals surface area contributed by atoms with Gasteiger partial charge >= 0.3 is 0 Å². The summed E-state index contributed by atoms with van der Waals surface area (Å²) in [6, 6.07) is 2.42. The molecule has 2 fully saturated rings. The van der Waals surface area contributed by atoms with Crippen LogP contribution in [0.4, 0.5) is 13.2 Å². The Balaban J connectivity index is 0.00000341. The molecule has 30 heavy (non-hydrogen) atoms. The van der Waals surface area contributed by atoms with E-state index in [2.05, 4.69) is 4.74 Å². The van der Waals surface area contributed by atoms with Crippen LogP contribution in [0.3, 0.4) is 0 Å². The number of amides is 1. The lowest BCUT2D eigenvalue weighted by Gasteiger charge is -2.28. The van der Waals surface area contributed by atoms with E-state index >= 15 is 0 Å². The van der Waals surface area contributed by atoms with E-state index in [-0.39, 0.29) is 50.6 Å². The zero-order chi connectivity index (χ0) is 21.9. The number of carbonyl (C=O) groups excluding carboxylic acids is 1. The summed E-state index contributed by atoms with van der Waals surface area (Å²) in [7, 11) is -2.62. The van der Waals surface area contributed by atoms with E-state index in [1.165, 1.54) is 13.2 Å². The van der Waals surface area contributed by atoms with Crippen LogP contribution in [0, 0.1) is 11.7 Å². The standard InChI is InChI=1S/C20H26F3NO5S.H2/c1-28-8-9-30(26,27)24-19(25)16-10-15(14-2-3-14)18(11-17(16)21)29-12-13-4-6-20(22,23)7-5-13;/h10-11,13-14H,2-9,12H2,1H3,(H,24,25);1H. The number of nitrogens with one attached hydrogen (secondary N) is 1. The maximum atomic E-state index is 14.6. The Bertz CT molecular complexity index is 883. The third-order valence-corrected chi connectivity index (χ3v) is 6.68. The quantitative estimate of drug-likeness (QED) is 0.617. The van der Waals surface area contributed by atoms with Gasteiger partial charge in [0.25, 0.3) is 5.91 Å². The van der Waals surface area contributed by atoms with Crippen LogP contribution in [0.25, 0.3) is 0 Å². The zero-order valence-corrected chi connectivity index (χ0v) is 17.6. The number of carbonyl (C=O) groups is 1. The average molecular weight is 452 g/mol. The van der Waals surface area contributed by atoms with Crippen molar-refractivity contribution in [2.45, 2.75) is 50.4 Å². The number of halogens is 3. The second kappa shape index (κ2) is 9.13. The first-order valence-corrected chi connectivity index (χ1v) is 11.6. The van der Waals surface area contributed by atoms with Gasteiger partial charge in [-0.3, -0.25) is 4.79 Å². The largest absolute Gasteiger partial charge is 0.493 e. The van der Waals surface area contributed by atoms with E-state index in [1.807, 2.05) is 4.72 Å². The third kappa shape index (κ3) is 6.10. The van der Waals surface area contributed by atoms with Gasteiger partial charge in [0.1, 0.15) is 11.6 Å². The predicted molar refractivity (Wildman–Crippen MR) is 106 cm³/mol. The number of rotatable bonds is 9. The second-order valence-corrected chi connectivity index (χ2v) is 9.84. The number of benzene rings is 1. The van der Waals surface area contributed by atoms with Gasteiger partial charge in [0.2, 0.25) is 15.9 Å². The van der Waals surface area contributed by atoms with Gasteiger partial charge in [-0.05, 0) is 49.1 Å². The minimum Gasteiger partial charge on any atom is -0.493 e. The molecule has 0 saturated heterocycles. The molecule has 0 aliphatic heterocycles. The molecule has 0 spiro atoms. The van der Waals surface area contributed by atoms with Crippen molar-refractivity contribution in [3.8, 4) is 5.75 Å². The molecule has 6 nitrogen and oxygen atoms in total. The SMILES string of the molecule is COCCS(=O)(=O)NC(=O)c1cc(C2CC2)c(OCC2CCC(F)(F)CC2)cc1F.[HH]. The van der Waals surface area contributed by atoms with Crippen LogP contribution in [-0.4, -0.2) is 46.3 Å². The summed E-state index contributed by atoms with van der Waals surface area (Å²) in [5, 5.41) is 0. The van der Waals surface area contributed by atoms with Crippen LogP contribution < -0.4 is 9.46 Å². The summed E-state index contributed by atoms with van der Waals surface area (Å²) >= 11 is 0. The summed E-state index contributed by atoms with van der Waals surface area (Å²) in [5.41, 5.74) is 0.263. The van der Waals surface area contributed by atoms with Gasteiger partial charge in [-0.25, -0.2) is 26.3 Å². The molecule has 2 aliphatic carbocycles. The minimum atomic E-state index is -3.95. The van der Waals surface area contributed by atoms with Crippen molar-refractivity contribution in [3.63, 3.8) is 0 Å². The Kier molecular flexibility index (Phi) is 6.96. The monoisotopic (exact) mass is 451 g/mol. The topological polar surface area (TPSA) is 81.7 Å². The van der Waals surface area contributed by atoms with Crippen molar-refractivity contribution in [3.05, 3.63) is 29.1 Å². The molecule has 0 radical (unpaired) electrons. The molecule has 0 aromatic heterocycles. The molecule has 2 saturated carbocycles. The molecule has 10 heteroatoms. The van der Waals surface area contributed by atoms with Gasteiger partial charge in [-0.15, -0.1) is 0 Å². The van der Waals surface area contributed by atoms with Crippen LogP contribution in [0.1, 0.15) is 61.8 Å². The molecule has 2 aliphatic rings. The molecule has 0 heterocycles. The lowest BCUT2D eigenvalue weighted by molar-refractivity contribution is -0.0499. The summed E-state index contributed by atoms with van der Waals surface area (Å²) in [4.78, 5) is 12.3. The Morgan fingerprint density at radius 3 is 2.50 bits per heavy atom. The van der Waals surface area contributed by atoms with Gasteiger partial charge in [0, 0.05) is 27.4 Å².